The molecule has 0 saturated carbocycles. The van der Waals surface area contributed by atoms with Crippen LogP contribution in [0.25, 0.3) is 22.3 Å². The number of aryl methyl sites for hydroxylation is 1. The first-order valence-corrected chi connectivity index (χ1v) is 11.3. The second-order valence-electron chi connectivity index (χ2n) is 8.62. The lowest BCUT2D eigenvalue weighted by atomic mass is 9.88. The molecule has 4 heterocycles. The van der Waals surface area contributed by atoms with E-state index in [1.165, 1.54) is 0 Å². The Morgan fingerprint density at radius 3 is 2.50 bits per heavy atom. The Hall–Kier alpha value is -3.94. The van der Waals surface area contributed by atoms with Crippen LogP contribution in [-0.2, 0) is 11.8 Å². The third-order valence-corrected chi connectivity index (χ3v) is 6.31. The Kier molecular flexibility index (Phi) is 5.88. The van der Waals surface area contributed by atoms with Crippen molar-refractivity contribution in [1.29, 1.82) is 0 Å². The molecule has 5 rings (SSSR count). The normalized spacial score (nSPS) is 16.4. The number of amides is 1. The molecule has 1 aromatic carbocycles. The smallest absolute Gasteiger partial charge is 0.220 e. The maximum absolute atomic E-state index is 11.9. The van der Waals surface area contributed by atoms with Gasteiger partial charge < -0.3 is 14.8 Å². The molecule has 0 radical (unpaired) electrons. The summed E-state index contributed by atoms with van der Waals surface area (Å²) in [6.45, 7) is 0. The molecule has 1 N–H and O–H groups in total. The number of hydrogen-bond donors (Lipinski definition) is 1. The fraction of sp³-hybridized carbons (Fsp3) is 0.308. The van der Waals surface area contributed by atoms with Crippen molar-refractivity contribution in [2.45, 2.75) is 31.2 Å². The molecule has 8 heteroatoms. The predicted octanol–water partition coefficient (Wildman–Crippen LogP) is 3.85. The Labute approximate surface area is 197 Å². The molecule has 1 amide bonds. The van der Waals surface area contributed by atoms with E-state index in [1.54, 1.807) is 25.1 Å². The molecule has 2 unspecified atom stereocenters. The highest BCUT2D eigenvalue weighted by molar-refractivity contribution is 5.79. The van der Waals surface area contributed by atoms with E-state index in [0.717, 1.165) is 40.7 Å². The van der Waals surface area contributed by atoms with Gasteiger partial charge in [-0.3, -0.25) is 9.48 Å². The minimum Gasteiger partial charge on any atom is -0.497 e. The topological polar surface area (TPSA) is 91.2 Å². The second-order valence-corrected chi connectivity index (χ2v) is 8.62. The minimum absolute atomic E-state index is 0.0688. The monoisotopic (exact) mass is 457 g/mol. The zero-order chi connectivity index (χ0) is 23.7. The summed E-state index contributed by atoms with van der Waals surface area (Å²) >= 11 is 0. The third kappa shape index (κ3) is 4.44. The summed E-state index contributed by atoms with van der Waals surface area (Å²) in [5.41, 5.74) is 4.36. The first-order valence-electron chi connectivity index (χ1n) is 11.3. The van der Waals surface area contributed by atoms with E-state index in [-0.39, 0.29) is 17.9 Å². The van der Waals surface area contributed by atoms with Crippen molar-refractivity contribution in [3.05, 3.63) is 66.1 Å². The summed E-state index contributed by atoms with van der Waals surface area (Å²) < 4.78 is 12.8. The van der Waals surface area contributed by atoms with Gasteiger partial charge in [-0.15, -0.1) is 0 Å². The van der Waals surface area contributed by atoms with Crippen LogP contribution in [0, 0.1) is 0 Å². The largest absolute Gasteiger partial charge is 0.497 e. The number of aromatic nitrogens is 4. The molecule has 1 aliphatic rings. The highest BCUT2D eigenvalue weighted by Crippen LogP contribution is 2.35. The van der Waals surface area contributed by atoms with Gasteiger partial charge >= 0.3 is 0 Å². The van der Waals surface area contributed by atoms with E-state index in [2.05, 4.69) is 16.5 Å². The number of rotatable bonds is 7. The quantitative estimate of drug-likeness (QED) is 0.453. The number of carbonyl (C=O) groups is 1. The molecule has 0 bridgehead atoms. The summed E-state index contributed by atoms with van der Waals surface area (Å²) in [7, 11) is 5.17. The lowest BCUT2D eigenvalue weighted by Gasteiger charge is -2.22. The van der Waals surface area contributed by atoms with Crippen LogP contribution in [0.4, 0.5) is 0 Å². The number of pyridine rings is 2. The SMILES string of the molecule is COc1cc(OC)cc(C(CC2CCC(=O)N2)c2ccc3ccc(-c4cnn(C)c4)nc3n2)c1. The molecule has 1 aliphatic heterocycles. The Morgan fingerprint density at radius 1 is 1.09 bits per heavy atom. The van der Waals surface area contributed by atoms with E-state index in [0.29, 0.717) is 23.6 Å². The number of benzene rings is 1. The Morgan fingerprint density at radius 2 is 1.85 bits per heavy atom. The van der Waals surface area contributed by atoms with Gasteiger partial charge in [0.2, 0.25) is 5.91 Å². The number of carbonyl (C=O) groups excluding carboxylic acids is 1. The van der Waals surface area contributed by atoms with Crippen molar-refractivity contribution in [2.75, 3.05) is 14.2 Å². The van der Waals surface area contributed by atoms with Gasteiger partial charge in [-0.1, -0.05) is 0 Å². The average Bonchev–Trinajstić information content (AvgIpc) is 3.49. The number of ether oxygens (including phenoxy) is 2. The van der Waals surface area contributed by atoms with Crippen LogP contribution in [0.5, 0.6) is 11.5 Å². The van der Waals surface area contributed by atoms with Crippen molar-refractivity contribution >= 4 is 16.9 Å². The number of nitrogens with one attached hydrogen (secondary N) is 1. The zero-order valence-corrected chi connectivity index (χ0v) is 19.5. The summed E-state index contributed by atoms with van der Waals surface area (Å²) in [6.07, 6.45) is 5.83. The van der Waals surface area contributed by atoms with Gasteiger partial charge in [0, 0.05) is 48.6 Å². The van der Waals surface area contributed by atoms with Crippen molar-refractivity contribution < 1.29 is 14.3 Å². The van der Waals surface area contributed by atoms with Crippen molar-refractivity contribution in [3.63, 3.8) is 0 Å². The molecular formula is C26H27N5O3. The fourth-order valence-electron chi connectivity index (χ4n) is 4.52. The molecule has 8 nitrogen and oxygen atoms in total. The molecule has 1 saturated heterocycles. The van der Waals surface area contributed by atoms with Crippen LogP contribution in [0.3, 0.4) is 0 Å². The molecule has 0 aliphatic carbocycles. The van der Waals surface area contributed by atoms with Crippen molar-refractivity contribution in [2.24, 2.45) is 7.05 Å². The highest BCUT2D eigenvalue weighted by Gasteiger charge is 2.27. The van der Waals surface area contributed by atoms with Crippen LogP contribution in [-0.4, -0.2) is 45.9 Å². The number of fused-ring (bicyclic) bond motifs is 1. The van der Waals surface area contributed by atoms with Gasteiger partial charge in [0.15, 0.2) is 5.65 Å². The van der Waals surface area contributed by atoms with Crippen LogP contribution >= 0.6 is 0 Å². The maximum Gasteiger partial charge on any atom is 0.220 e. The van der Waals surface area contributed by atoms with E-state index < -0.39 is 0 Å². The summed E-state index contributed by atoms with van der Waals surface area (Å²) in [6, 6.07) is 14.1. The third-order valence-electron chi connectivity index (χ3n) is 6.31. The van der Waals surface area contributed by atoms with Crippen LogP contribution in [0.2, 0.25) is 0 Å². The van der Waals surface area contributed by atoms with E-state index >= 15 is 0 Å². The van der Waals surface area contributed by atoms with Crippen LogP contribution < -0.4 is 14.8 Å². The molecule has 34 heavy (non-hydrogen) atoms. The predicted molar refractivity (Wildman–Crippen MR) is 129 cm³/mol. The lowest BCUT2D eigenvalue weighted by Crippen LogP contribution is -2.27. The number of hydrogen-bond acceptors (Lipinski definition) is 6. The second kappa shape index (κ2) is 9.13. The van der Waals surface area contributed by atoms with Gasteiger partial charge in [-0.2, -0.15) is 5.10 Å². The van der Waals surface area contributed by atoms with E-state index in [9.17, 15) is 4.79 Å². The first-order chi connectivity index (χ1) is 16.5. The van der Waals surface area contributed by atoms with Crippen molar-refractivity contribution in [1.82, 2.24) is 25.1 Å². The minimum atomic E-state index is -0.0688. The standard InChI is InChI=1S/C26H27N5O3/c1-31-15-18(14-27-31)23-7-4-16-5-8-24(30-26(16)29-23)22(12-19-6-9-25(32)28-19)17-10-20(33-2)13-21(11-17)34-3/h4-5,7-8,10-11,13-15,19,22H,6,9,12H2,1-3H3,(H,28,32). The van der Waals surface area contributed by atoms with E-state index in [4.69, 9.17) is 19.4 Å². The van der Waals surface area contributed by atoms with Crippen molar-refractivity contribution in [3.8, 4) is 22.8 Å². The highest BCUT2D eigenvalue weighted by atomic mass is 16.5. The lowest BCUT2D eigenvalue weighted by molar-refractivity contribution is -0.119. The zero-order valence-electron chi connectivity index (χ0n) is 19.5. The molecule has 3 aromatic heterocycles. The molecular weight excluding hydrogens is 430 g/mol. The Balaban J connectivity index is 1.58. The molecule has 4 aromatic rings. The van der Waals surface area contributed by atoms with Crippen LogP contribution in [0.1, 0.15) is 36.4 Å². The molecule has 0 spiro atoms. The van der Waals surface area contributed by atoms with Crippen LogP contribution in [0.15, 0.2) is 54.9 Å². The summed E-state index contributed by atoms with van der Waals surface area (Å²) in [4.78, 5) is 21.7. The molecule has 174 valence electrons. The molecule has 1 fully saturated rings. The van der Waals surface area contributed by atoms with Gasteiger partial charge in [0.1, 0.15) is 11.5 Å². The number of nitrogens with zero attached hydrogens (tertiary/aromatic N) is 4. The molecule has 2 atom stereocenters. The number of methoxy groups -OCH3 is 2. The average molecular weight is 458 g/mol. The van der Waals surface area contributed by atoms with E-state index in [1.807, 2.05) is 49.6 Å². The first kappa shape index (κ1) is 21.9. The summed E-state index contributed by atoms with van der Waals surface area (Å²) in [5, 5.41) is 8.32. The van der Waals surface area contributed by atoms with Gasteiger partial charge in [-0.25, -0.2) is 9.97 Å². The van der Waals surface area contributed by atoms with Gasteiger partial charge in [-0.05, 0) is 54.8 Å². The van der Waals surface area contributed by atoms with Gasteiger partial charge in [0.05, 0.1) is 31.8 Å². The van der Waals surface area contributed by atoms with Gasteiger partial charge in [0.25, 0.3) is 0 Å². The Bertz CT molecular complexity index is 1330. The summed E-state index contributed by atoms with van der Waals surface area (Å²) in [5.74, 6) is 1.46. The fourth-order valence-corrected chi connectivity index (χ4v) is 4.52. The maximum atomic E-state index is 11.9.